The number of hydrogen-bond donors (Lipinski definition) is 0. The van der Waals surface area contributed by atoms with Gasteiger partial charge in [-0.2, -0.15) is 0 Å². The molecule has 5 heteroatoms. The number of nitrogens with zero attached hydrogens (tertiary/aromatic N) is 4. The van der Waals surface area contributed by atoms with E-state index in [0.29, 0.717) is 17.5 Å². The van der Waals surface area contributed by atoms with Crippen molar-refractivity contribution >= 4 is 53.2 Å². The molecule has 0 bridgehead atoms. The fourth-order valence-corrected chi connectivity index (χ4v) is 7.34. The van der Waals surface area contributed by atoms with Crippen LogP contribution in [0.5, 0.6) is 0 Å². The average molecular weight is 593 g/mol. The summed E-state index contributed by atoms with van der Waals surface area (Å²) < 4.78 is 2.40. The van der Waals surface area contributed by atoms with Crippen LogP contribution in [-0.4, -0.2) is 19.9 Å². The molecule has 3 aromatic heterocycles. The van der Waals surface area contributed by atoms with Crippen molar-refractivity contribution in [2.75, 3.05) is 0 Å². The number of aromatic nitrogens is 4. The molecule has 0 saturated carbocycles. The summed E-state index contributed by atoms with van der Waals surface area (Å²) in [5, 5.41) is 5.96. The van der Waals surface area contributed by atoms with Gasteiger partial charge in [0.1, 0.15) is 0 Å². The summed E-state index contributed by atoms with van der Waals surface area (Å²) in [7, 11) is 0. The van der Waals surface area contributed by atoms with Gasteiger partial charge in [0.05, 0.1) is 5.52 Å². The van der Waals surface area contributed by atoms with E-state index in [0.717, 1.165) is 38.7 Å². The molecule has 0 aliphatic carbocycles. The lowest BCUT2D eigenvalue weighted by atomic mass is 9.96. The Hall–Kier alpha value is -5.78. The second kappa shape index (κ2) is 10.4. The van der Waals surface area contributed by atoms with E-state index < -0.39 is 0 Å². The van der Waals surface area contributed by atoms with Crippen LogP contribution in [0.25, 0.3) is 87.1 Å². The van der Waals surface area contributed by atoms with Crippen molar-refractivity contribution in [1.29, 1.82) is 0 Å². The topological polar surface area (TPSA) is 51.6 Å². The first-order valence-corrected chi connectivity index (χ1v) is 15.7. The molecular weight excluding hydrogens is 569 g/mol. The molecule has 4 nitrogen and oxygen atoms in total. The van der Waals surface area contributed by atoms with E-state index in [2.05, 4.69) is 77.8 Å². The van der Waals surface area contributed by atoms with Gasteiger partial charge in [-0.1, -0.05) is 103 Å². The minimum Gasteiger partial charge on any atom is -0.256 e. The summed E-state index contributed by atoms with van der Waals surface area (Å²) >= 11 is 1.79. The van der Waals surface area contributed by atoms with Gasteiger partial charge in [0, 0.05) is 48.4 Å². The summed E-state index contributed by atoms with van der Waals surface area (Å²) in [5.74, 6) is 1.98. The molecule has 0 N–H and O–H groups in total. The van der Waals surface area contributed by atoms with Crippen LogP contribution < -0.4 is 0 Å². The fourth-order valence-electron chi connectivity index (χ4n) is 6.15. The fraction of sp³-hybridized carbons (Fsp3) is 0. The molecule has 0 aliphatic rings. The zero-order chi connectivity index (χ0) is 29.7. The lowest BCUT2D eigenvalue weighted by molar-refractivity contribution is 1.08. The van der Waals surface area contributed by atoms with Gasteiger partial charge in [-0.25, -0.2) is 15.0 Å². The first-order valence-electron chi connectivity index (χ1n) is 14.9. The predicted molar refractivity (Wildman–Crippen MR) is 187 cm³/mol. The lowest BCUT2D eigenvalue weighted by Crippen LogP contribution is -2.00. The molecule has 0 spiro atoms. The zero-order valence-corrected chi connectivity index (χ0v) is 24.9. The van der Waals surface area contributed by atoms with Crippen molar-refractivity contribution in [3.63, 3.8) is 0 Å². The quantitative estimate of drug-likeness (QED) is 0.191. The molecule has 9 rings (SSSR count). The Labute approximate surface area is 263 Å². The Morgan fingerprint density at radius 3 is 1.84 bits per heavy atom. The molecule has 0 amide bonds. The SMILES string of the molecule is c1ccc(-c2nc(-c3ccccc3)nc(-c3cc(-c4ccc5ccc6ncccc6c5c4)cc4c3sc3ccccc34)n2)cc1. The molecule has 45 heavy (non-hydrogen) atoms. The first kappa shape index (κ1) is 25.7. The van der Waals surface area contributed by atoms with Crippen LogP contribution in [0.2, 0.25) is 0 Å². The Balaban J connectivity index is 1.34. The normalized spacial score (nSPS) is 11.6. The summed E-state index contributed by atoms with van der Waals surface area (Å²) in [4.78, 5) is 19.8. The minimum atomic E-state index is 0.656. The highest BCUT2D eigenvalue weighted by Gasteiger charge is 2.18. The van der Waals surface area contributed by atoms with Gasteiger partial charge in [-0.3, -0.25) is 4.98 Å². The van der Waals surface area contributed by atoms with E-state index in [1.54, 1.807) is 11.3 Å². The molecule has 0 radical (unpaired) electrons. The monoisotopic (exact) mass is 592 g/mol. The Morgan fingerprint density at radius 1 is 0.422 bits per heavy atom. The number of hydrogen-bond acceptors (Lipinski definition) is 5. The van der Waals surface area contributed by atoms with E-state index in [-0.39, 0.29) is 0 Å². The van der Waals surface area contributed by atoms with E-state index in [1.807, 2.05) is 72.9 Å². The second-order valence-electron chi connectivity index (χ2n) is 11.1. The zero-order valence-electron chi connectivity index (χ0n) is 24.1. The van der Waals surface area contributed by atoms with Gasteiger partial charge in [-0.05, 0) is 58.3 Å². The van der Waals surface area contributed by atoms with E-state index >= 15 is 0 Å². The molecule has 0 atom stereocenters. The van der Waals surface area contributed by atoms with Crippen LogP contribution in [0.15, 0.2) is 146 Å². The van der Waals surface area contributed by atoms with Crippen molar-refractivity contribution in [3.8, 4) is 45.3 Å². The minimum absolute atomic E-state index is 0.656. The average Bonchev–Trinajstić information content (AvgIpc) is 3.50. The van der Waals surface area contributed by atoms with Crippen molar-refractivity contribution in [2.24, 2.45) is 0 Å². The van der Waals surface area contributed by atoms with E-state index in [9.17, 15) is 0 Å². The Bertz CT molecular complexity index is 2480. The summed E-state index contributed by atoms with van der Waals surface area (Å²) in [6, 6.07) is 48.6. The van der Waals surface area contributed by atoms with Crippen LogP contribution in [0.4, 0.5) is 0 Å². The highest BCUT2D eigenvalue weighted by atomic mass is 32.1. The summed E-state index contributed by atoms with van der Waals surface area (Å²) in [6.45, 7) is 0. The molecule has 0 saturated heterocycles. The molecule has 9 aromatic rings. The van der Waals surface area contributed by atoms with Crippen LogP contribution in [0.3, 0.4) is 0 Å². The number of thiophene rings is 1. The number of fused-ring (bicyclic) bond motifs is 6. The largest absolute Gasteiger partial charge is 0.256 e. The van der Waals surface area contributed by atoms with Crippen LogP contribution in [0, 0.1) is 0 Å². The van der Waals surface area contributed by atoms with Crippen LogP contribution in [-0.2, 0) is 0 Å². The second-order valence-corrected chi connectivity index (χ2v) is 12.2. The van der Waals surface area contributed by atoms with Gasteiger partial charge in [0.2, 0.25) is 0 Å². The maximum atomic E-state index is 5.12. The standard InChI is InChI=1S/C40H24N4S/c1-3-10-26(11-4-1)38-42-39(27-12-5-2-6-13-27)44-40(43-38)34-24-29(23-33-31-14-7-8-16-36(31)45-37(33)34)28-18-17-25-19-20-35-30(32(25)22-28)15-9-21-41-35/h1-24H. The Morgan fingerprint density at radius 2 is 1.07 bits per heavy atom. The smallest absolute Gasteiger partial charge is 0.165 e. The van der Waals surface area contributed by atoms with Crippen molar-refractivity contribution in [2.45, 2.75) is 0 Å². The predicted octanol–water partition coefficient (Wildman–Crippen LogP) is 10.6. The number of pyridine rings is 1. The summed E-state index contributed by atoms with van der Waals surface area (Å²) in [6.07, 6.45) is 1.85. The third kappa shape index (κ3) is 4.44. The highest BCUT2D eigenvalue weighted by Crippen LogP contribution is 2.43. The molecule has 0 unspecified atom stereocenters. The third-order valence-corrected chi connectivity index (χ3v) is 9.57. The maximum Gasteiger partial charge on any atom is 0.165 e. The summed E-state index contributed by atoms with van der Waals surface area (Å²) in [5.41, 5.74) is 6.16. The van der Waals surface area contributed by atoms with Crippen molar-refractivity contribution in [3.05, 3.63) is 146 Å². The van der Waals surface area contributed by atoms with Crippen molar-refractivity contribution < 1.29 is 0 Å². The van der Waals surface area contributed by atoms with Crippen LogP contribution in [0.1, 0.15) is 0 Å². The first-order chi connectivity index (χ1) is 22.3. The van der Waals surface area contributed by atoms with E-state index in [1.165, 1.54) is 30.9 Å². The van der Waals surface area contributed by atoms with Gasteiger partial charge >= 0.3 is 0 Å². The van der Waals surface area contributed by atoms with Gasteiger partial charge in [0.15, 0.2) is 17.5 Å². The third-order valence-electron chi connectivity index (χ3n) is 8.35. The maximum absolute atomic E-state index is 5.12. The molecular formula is C40H24N4S. The molecule has 3 heterocycles. The molecule has 6 aromatic carbocycles. The highest BCUT2D eigenvalue weighted by molar-refractivity contribution is 7.26. The molecule has 0 aliphatic heterocycles. The number of rotatable bonds is 4. The van der Waals surface area contributed by atoms with Gasteiger partial charge in [-0.15, -0.1) is 11.3 Å². The molecule has 0 fully saturated rings. The van der Waals surface area contributed by atoms with Crippen molar-refractivity contribution in [1.82, 2.24) is 19.9 Å². The lowest BCUT2D eigenvalue weighted by Gasteiger charge is -2.12. The van der Waals surface area contributed by atoms with E-state index in [4.69, 9.17) is 15.0 Å². The van der Waals surface area contributed by atoms with Crippen LogP contribution >= 0.6 is 11.3 Å². The number of benzene rings is 6. The Kier molecular flexibility index (Phi) is 5.96. The molecule has 210 valence electrons. The van der Waals surface area contributed by atoms with Gasteiger partial charge in [0.25, 0.3) is 0 Å². The van der Waals surface area contributed by atoms with Gasteiger partial charge < -0.3 is 0 Å².